The Morgan fingerprint density at radius 1 is 1.40 bits per heavy atom. The highest BCUT2D eigenvalue weighted by atomic mass is 16.5. The first kappa shape index (κ1) is 12.7. The SMILES string of the molecule is COc1ccccc1C1(C(=O)Nc2ncn[nH]2)CCC1. The van der Waals surface area contributed by atoms with Gasteiger partial charge < -0.3 is 4.74 Å². The number of aromatic nitrogens is 3. The van der Waals surface area contributed by atoms with Crippen LogP contribution in [-0.2, 0) is 10.2 Å². The molecule has 0 unspecified atom stereocenters. The molecule has 1 aromatic carbocycles. The number of nitrogens with one attached hydrogen (secondary N) is 2. The summed E-state index contributed by atoms with van der Waals surface area (Å²) in [6, 6.07) is 7.68. The molecule has 1 heterocycles. The highest BCUT2D eigenvalue weighted by molar-refractivity contribution is 5.99. The van der Waals surface area contributed by atoms with Crippen molar-refractivity contribution >= 4 is 11.9 Å². The van der Waals surface area contributed by atoms with E-state index in [1.54, 1.807) is 7.11 Å². The van der Waals surface area contributed by atoms with E-state index in [0.29, 0.717) is 5.95 Å². The van der Waals surface area contributed by atoms with Gasteiger partial charge in [-0.3, -0.25) is 10.1 Å². The summed E-state index contributed by atoms with van der Waals surface area (Å²) in [7, 11) is 1.62. The Hall–Kier alpha value is -2.37. The maximum absolute atomic E-state index is 12.6. The summed E-state index contributed by atoms with van der Waals surface area (Å²) < 4.78 is 5.40. The third-order valence-corrected chi connectivity index (χ3v) is 3.91. The van der Waals surface area contributed by atoms with Gasteiger partial charge in [0.25, 0.3) is 0 Å². The van der Waals surface area contributed by atoms with E-state index in [0.717, 1.165) is 30.6 Å². The van der Waals surface area contributed by atoms with Crippen LogP contribution in [0.1, 0.15) is 24.8 Å². The second-order valence-corrected chi connectivity index (χ2v) is 4.92. The van der Waals surface area contributed by atoms with Crippen LogP contribution in [-0.4, -0.2) is 28.2 Å². The van der Waals surface area contributed by atoms with Gasteiger partial charge in [-0.05, 0) is 18.9 Å². The van der Waals surface area contributed by atoms with E-state index in [9.17, 15) is 4.79 Å². The summed E-state index contributed by atoms with van der Waals surface area (Å²) in [5, 5.41) is 9.17. The van der Waals surface area contributed by atoms with Crippen LogP contribution in [0.2, 0.25) is 0 Å². The third kappa shape index (κ3) is 1.93. The molecule has 3 rings (SSSR count). The van der Waals surface area contributed by atoms with Gasteiger partial charge in [-0.15, -0.1) is 0 Å². The molecule has 1 aliphatic carbocycles. The zero-order chi connectivity index (χ0) is 14.0. The molecule has 1 fully saturated rings. The zero-order valence-electron chi connectivity index (χ0n) is 11.2. The minimum absolute atomic E-state index is 0.0648. The number of carbonyl (C=O) groups excluding carboxylic acids is 1. The van der Waals surface area contributed by atoms with E-state index in [-0.39, 0.29) is 5.91 Å². The molecule has 6 heteroatoms. The number of ether oxygens (including phenoxy) is 1. The second kappa shape index (κ2) is 4.96. The fourth-order valence-electron chi connectivity index (χ4n) is 2.68. The lowest BCUT2D eigenvalue weighted by Crippen LogP contribution is -2.46. The fourth-order valence-corrected chi connectivity index (χ4v) is 2.68. The lowest BCUT2D eigenvalue weighted by atomic mass is 9.63. The van der Waals surface area contributed by atoms with Crippen molar-refractivity contribution in [2.24, 2.45) is 0 Å². The van der Waals surface area contributed by atoms with E-state index >= 15 is 0 Å². The molecular weight excluding hydrogens is 256 g/mol. The van der Waals surface area contributed by atoms with E-state index in [2.05, 4.69) is 20.5 Å². The number of hydrogen-bond donors (Lipinski definition) is 2. The quantitative estimate of drug-likeness (QED) is 0.890. The Morgan fingerprint density at radius 3 is 2.80 bits per heavy atom. The lowest BCUT2D eigenvalue weighted by Gasteiger charge is -2.41. The number of hydrogen-bond acceptors (Lipinski definition) is 4. The van der Waals surface area contributed by atoms with Gasteiger partial charge in [-0.25, -0.2) is 5.10 Å². The van der Waals surface area contributed by atoms with Crippen LogP contribution in [0.3, 0.4) is 0 Å². The molecule has 1 amide bonds. The molecule has 2 N–H and O–H groups in total. The number of methoxy groups -OCH3 is 1. The molecule has 2 aromatic rings. The summed E-state index contributed by atoms with van der Waals surface area (Å²) in [5.41, 5.74) is 0.408. The molecule has 1 saturated carbocycles. The van der Waals surface area contributed by atoms with Crippen molar-refractivity contribution in [1.82, 2.24) is 15.2 Å². The lowest BCUT2D eigenvalue weighted by molar-refractivity contribution is -0.124. The van der Waals surface area contributed by atoms with Crippen molar-refractivity contribution in [3.63, 3.8) is 0 Å². The summed E-state index contributed by atoms with van der Waals surface area (Å²) in [6.45, 7) is 0. The Labute approximate surface area is 116 Å². The standard InChI is InChI=1S/C14H16N4O2/c1-20-11-6-3-2-5-10(11)14(7-4-8-14)12(19)17-13-15-9-16-18-13/h2-3,5-6,9H,4,7-8H2,1H3,(H2,15,16,17,18,19). The molecular formula is C14H16N4O2. The molecule has 0 radical (unpaired) electrons. The number of carbonyl (C=O) groups is 1. The number of nitrogens with zero attached hydrogens (tertiary/aromatic N) is 2. The van der Waals surface area contributed by atoms with Gasteiger partial charge in [0.05, 0.1) is 12.5 Å². The number of amides is 1. The minimum atomic E-state index is -0.528. The van der Waals surface area contributed by atoms with E-state index in [1.807, 2.05) is 24.3 Å². The first-order valence-electron chi connectivity index (χ1n) is 6.56. The Bertz CT molecular complexity index is 605. The van der Waals surface area contributed by atoms with Crippen molar-refractivity contribution in [3.8, 4) is 5.75 Å². The Balaban J connectivity index is 1.92. The number of anilines is 1. The van der Waals surface area contributed by atoms with Crippen molar-refractivity contribution < 1.29 is 9.53 Å². The van der Waals surface area contributed by atoms with Crippen molar-refractivity contribution in [1.29, 1.82) is 0 Å². The normalized spacial score (nSPS) is 16.2. The monoisotopic (exact) mass is 272 g/mol. The Kier molecular flexibility index (Phi) is 3.14. The highest BCUT2D eigenvalue weighted by Crippen LogP contribution is 2.47. The van der Waals surface area contributed by atoms with Crippen LogP contribution in [0.25, 0.3) is 0 Å². The first-order valence-corrected chi connectivity index (χ1v) is 6.56. The van der Waals surface area contributed by atoms with E-state index in [4.69, 9.17) is 4.74 Å². The predicted octanol–water partition coefficient (Wildman–Crippen LogP) is 1.87. The van der Waals surface area contributed by atoms with Crippen LogP contribution in [0.4, 0.5) is 5.95 Å². The number of benzene rings is 1. The van der Waals surface area contributed by atoms with Gasteiger partial charge in [-0.2, -0.15) is 10.1 Å². The summed E-state index contributed by atoms with van der Waals surface area (Å²) in [4.78, 5) is 16.6. The third-order valence-electron chi connectivity index (χ3n) is 3.91. The number of H-pyrrole nitrogens is 1. The number of para-hydroxylation sites is 1. The topological polar surface area (TPSA) is 79.9 Å². The summed E-state index contributed by atoms with van der Waals surface area (Å²) in [6.07, 6.45) is 4.02. The average molecular weight is 272 g/mol. The molecule has 6 nitrogen and oxygen atoms in total. The molecule has 0 atom stereocenters. The zero-order valence-corrected chi connectivity index (χ0v) is 11.2. The van der Waals surface area contributed by atoms with Crippen LogP contribution in [0, 0.1) is 0 Å². The van der Waals surface area contributed by atoms with Crippen molar-refractivity contribution in [3.05, 3.63) is 36.2 Å². The van der Waals surface area contributed by atoms with Crippen LogP contribution in [0.5, 0.6) is 5.75 Å². The number of aromatic amines is 1. The molecule has 104 valence electrons. The fraction of sp³-hybridized carbons (Fsp3) is 0.357. The van der Waals surface area contributed by atoms with Crippen LogP contribution >= 0.6 is 0 Å². The molecule has 0 aliphatic heterocycles. The van der Waals surface area contributed by atoms with Gasteiger partial charge in [0.2, 0.25) is 11.9 Å². The largest absolute Gasteiger partial charge is 0.496 e. The molecule has 20 heavy (non-hydrogen) atoms. The maximum Gasteiger partial charge on any atom is 0.237 e. The molecule has 1 aromatic heterocycles. The summed E-state index contributed by atoms with van der Waals surface area (Å²) in [5.74, 6) is 1.06. The smallest absolute Gasteiger partial charge is 0.237 e. The van der Waals surface area contributed by atoms with Gasteiger partial charge in [0, 0.05) is 5.56 Å². The highest BCUT2D eigenvalue weighted by Gasteiger charge is 2.47. The Morgan fingerprint density at radius 2 is 2.20 bits per heavy atom. The summed E-state index contributed by atoms with van der Waals surface area (Å²) >= 11 is 0. The predicted molar refractivity (Wildman–Crippen MR) is 73.5 cm³/mol. The van der Waals surface area contributed by atoms with Gasteiger partial charge in [0.15, 0.2) is 0 Å². The average Bonchev–Trinajstić information content (AvgIpc) is 2.91. The molecule has 0 saturated heterocycles. The maximum atomic E-state index is 12.6. The van der Waals surface area contributed by atoms with Gasteiger partial charge >= 0.3 is 0 Å². The molecule has 0 bridgehead atoms. The van der Waals surface area contributed by atoms with Gasteiger partial charge in [0.1, 0.15) is 12.1 Å². The van der Waals surface area contributed by atoms with E-state index < -0.39 is 5.41 Å². The second-order valence-electron chi connectivity index (χ2n) is 4.92. The van der Waals surface area contributed by atoms with Crippen LogP contribution in [0.15, 0.2) is 30.6 Å². The number of rotatable bonds is 4. The molecule has 0 spiro atoms. The minimum Gasteiger partial charge on any atom is -0.496 e. The molecule has 1 aliphatic rings. The van der Waals surface area contributed by atoms with E-state index in [1.165, 1.54) is 6.33 Å². The van der Waals surface area contributed by atoms with Crippen molar-refractivity contribution in [2.75, 3.05) is 12.4 Å². The first-order chi connectivity index (χ1) is 9.76. The van der Waals surface area contributed by atoms with Crippen molar-refractivity contribution in [2.45, 2.75) is 24.7 Å². The van der Waals surface area contributed by atoms with Crippen LogP contribution < -0.4 is 10.1 Å². The van der Waals surface area contributed by atoms with Gasteiger partial charge in [-0.1, -0.05) is 24.6 Å².